The fourth-order valence-corrected chi connectivity index (χ4v) is 3.28. The maximum atomic E-state index is 13.5. The smallest absolute Gasteiger partial charge is 0.262 e. The minimum absolute atomic E-state index is 0.0870. The van der Waals surface area contributed by atoms with Gasteiger partial charge in [0.15, 0.2) is 0 Å². The summed E-state index contributed by atoms with van der Waals surface area (Å²) in [5.41, 5.74) is 3.78. The van der Waals surface area contributed by atoms with Crippen LogP contribution in [0.2, 0.25) is 0 Å². The van der Waals surface area contributed by atoms with Crippen LogP contribution in [0.3, 0.4) is 0 Å². The summed E-state index contributed by atoms with van der Waals surface area (Å²) in [6, 6.07) is 24.9. The van der Waals surface area contributed by atoms with E-state index in [0.29, 0.717) is 11.3 Å². The molecule has 0 bridgehead atoms. The van der Waals surface area contributed by atoms with Crippen LogP contribution >= 0.6 is 0 Å². The predicted octanol–water partition coefficient (Wildman–Crippen LogP) is 4.85. The van der Waals surface area contributed by atoms with Gasteiger partial charge < -0.3 is 4.74 Å². The fourth-order valence-electron chi connectivity index (χ4n) is 3.28. The molecule has 2 aromatic heterocycles. The zero-order valence-electron chi connectivity index (χ0n) is 17.9. The minimum Gasteiger partial charge on any atom is -0.475 e. The molecule has 5 heteroatoms. The van der Waals surface area contributed by atoms with Gasteiger partial charge in [0.2, 0.25) is 0 Å². The molecule has 0 radical (unpaired) electrons. The molecule has 4 aromatic rings. The summed E-state index contributed by atoms with van der Waals surface area (Å²) in [7, 11) is 3.92. The number of rotatable bonds is 6. The van der Waals surface area contributed by atoms with E-state index in [9.17, 15) is 4.79 Å². The first kappa shape index (κ1) is 20.6. The molecule has 0 aliphatic carbocycles. The Labute approximate surface area is 182 Å². The SMILES string of the molecule is CC(Oc1cccc(-c2cc(-c3ccccn3)cn(-c3ccccc3)c2=O)c1)N(C)C. The molecule has 0 aliphatic heterocycles. The van der Waals surface area contributed by atoms with Crippen molar-refractivity contribution in [1.29, 1.82) is 0 Å². The van der Waals surface area contributed by atoms with Gasteiger partial charge in [0.05, 0.1) is 5.69 Å². The second kappa shape index (κ2) is 8.98. The van der Waals surface area contributed by atoms with E-state index < -0.39 is 0 Å². The standard InChI is InChI=1S/C26H25N3O2/c1-19(28(2)3)31-23-13-9-10-20(16-23)24-17-21(25-14-7-8-15-27-25)18-29(26(24)30)22-11-5-4-6-12-22/h4-19H,1-3H3. The highest BCUT2D eigenvalue weighted by atomic mass is 16.5. The topological polar surface area (TPSA) is 47.4 Å². The molecule has 5 nitrogen and oxygen atoms in total. The Kier molecular flexibility index (Phi) is 5.96. The van der Waals surface area contributed by atoms with Gasteiger partial charge in [-0.05, 0) is 69.0 Å². The van der Waals surface area contributed by atoms with Crippen molar-refractivity contribution in [2.45, 2.75) is 13.2 Å². The van der Waals surface area contributed by atoms with E-state index in [1.54, 1.807) is 10.8 Å². The number of hydrogen-bond acceptors (Lipinski definition) is 4. The molecule has 0 saturated heterocycles. The molecule has 1 atom stereocenters. The normalized spacial score (nSPS) is 12.0. The summed E-state index contributed by atoms with van der Waals surface area (Å²) >= 11 is 0. The first-order valence-electron chi connectivity index (χ1n) is 10.2. The summed E-state index contributed by atoms with van der Waals surface area (Å²) in [4.78, 5) is 20.0. The van der Waals surface area contributed by atoms with E-state index in [4.69, 9.17) is 4.74 Å². The van der Waals surface area contributed by atoms with Gasteiger partial charge in [-0.1, -0.05) is 36.4 Å². The lowest BCUT2D eigenvalue weighted by Gasteiger charge is -2.21. The Morgan fingerprint density at radius 1 is 0.903 bits per heavy atom. The molecule has 0 saturated carbocycles. The maximum absolute atomic E-state index is 13.5. The van der Waals surface area contributed by atoms with Crippen LogP contribution in [-0.2, 0) is 0 Å². The molecule has 31 heavy (non-hydrogen) atoms. The molecule has 156 valence electrons. The van der Waals surface area contributed by atoms with Crippen molar-refractivity contribution in [3.63, 3.8) is 0 Å². The van der Waals surface area contributed by atoms with Gasteiger partial charge >= 0.3 is 0 Å². The highest BCUT2D eigenvalue weighted by Crippen LogP contribution is 2.27. The third-order valence-corrected chi connectivity index (χ3v) is 5.19. The van der Waals surface area contributed by atoms with E-state index in [0.717, 1.165) is 22.5 Å². The molecule has 4 rings (SSSR count). The molecule has 0 N–H and O–H groups in total. The van der Waals surface area contributed by atoms with E-state index in [2.05, 4.69) is 4.98 Å². The summed E-state index contributed by atoms with van der Waals surface area (Å²) in [5, 5.41) is 0. The average Bonchev–Trinajstić information content (AvgIpc) is 2.80. The predicted molar refractivity (Wildman–Crippen MR) is 124 cm³/mol. The van der Waals surface area contributed by atoms with Gasteiger partial charge in [0.25, 0.3) is 5.56 Å². The molecule has 0 amide bonds. The summed E-state index contributed by atoms with van der Waals surface area (Å²) in [6.07, 6.45) is 3.51. The number of hydrogen-bond donors (Lipinski definition) is 0. The van der Waals surface area contributed by atoms with Crippen LogP contribution in [0.15, 0.2) is 96.1 Å². The molecule has 0 spiro atoms. The van der Waals surface area contributed by atoms with Crippen LogP contribution in [0.4, 0.5) is 0 Å². The second-order valence-electron chi connectivity index (χ2n) is 7.58. The lowest BCUT2D eigenvalue weighted by Crippen LogP contribution is -2.30. The van der Waals surface area contributed by atoms with Gasteiger partial charge in [-0.25, -0.2) is 0 Å². The highest BCUT2D eigenvalue weighted by Gasteiger charge is 2.14. The second-order valence-corrected chi connectivity index (χ2v) is 7.58. The van der Waals surface area contributed by atoms with Crippen molar-refractivity contribution in [3.8, 4) is 33.8 Å². The largest absolute Gasteiger partial charge is 0.475 e. The van der Waals surface area contributed by atoms with Crippen LogP contribution in [0.5, 0.6) is 5.75 Å². The Hall–Kier alpha value is -3.70. The third-order valence-electron chi connectivity index (χ3n) is 5.19. The van der Waals surface area contributed by atoms with Crippen LogP contribution in [0.1, 0.15) is 6.92 Å². The van der Waals surface area contributed by atoms with Crippen molar-refractivity contribution in [2.75, 3.05) is 14.1 Å². The summed E-state index contributed by atoms with van der Waals surface area (Å²) in [6.45, 7) is 1.98. The van der Waals surface area contributed by atoms with Crippen LogP contribution in [0, 0.1) is 0 Å². The number of aromatic nitrogens is 2. The van der Waals surface area contributed by atoms with Crippen LogP contribution < -0.4 is 10.3 Å². The minimum atomic E-state index is -0.0938. The molecule has 0 aliphatic rings. The van der Waals surface area contributed by atoms with Gasteiger partial charge in [-0.15, -0.1) is 0 Å². The average molecular weight is 412 g/mol. The van der Waals surface area contributed by atoms with Crippen molar-refractivity contribution in [3.05, 3.63) is 102 Å². The van der Waals surface area contributed by atoms with Crippen molar-refractivity contribution < 1.29 is 4.74 Å². The van der Waals surface area contributed by atoms with Gasteiger partial charge in [-0.3, -0.25) is 19.2 Å². The van der Waals surface area contributed by atoms with Gasteiger partial charge in [0.1, 0.15) is 12.0 Å². The first-order chi connectivity index (χ1) is 15.0. The van der Waals surface area contributed by atoms with Gasteiger partial charge in [0, 0.05) is 29.2 Å². The van der Waals surface area contributed by atoms with E-state index in [1.165, 1.54) is 0 Å². The Bertz CT molecular complexity index is 1220. The number of benzene rings is 2. The zero-order valence-corrected chi connectivity index (χ0v) is 17.9. The molecule has 2 heterocycles. The lowest BCUT2D eigenvalue weighted by atomic mass is 10.0. The fraction of sp³-hybridized carbons (Fsp3) is 0.154. The highest BCUT2D eigenvalue weighted by molar-refractivity contribution is 5.71. The Morgan fingerprint density at radius 3 is 2.39 bits per heavy atom. The molecule has 0 fully saturated rings. The maximum Gasteiger partial charge on any atom is 0.262 e. The number of pyridine rings is 2. The van der Waals surface area contributed by atoms with E-state index in [1.807, 2.05) is 111 Å². The monoisotopic (exact) mass is 411 g/mol. The van der Waals surface area contributed by atoms with Crippen LogP contribution in [0.25, 0.3) is 28.1 Å². The summed E-state index contributed by atoms with van der Waals surface area (Å²) in [5.74, 6) is 0.715. The third kappa shape index (κ3) is 4.57. The number of ether oxygens (including phenoxy) is 1. The van der Waals surface area contributed by atoms with Crippen LogP contribution in [-0.4, -0.2) is 34.8 Å². The summed E-state index contributed by atoms with van der Waals surface area (Å²) < 4.78 is 7.69. The Morgan fingerprint density at radius 2 is 1.68 bits per heavy atom. The molecular formula is C26H25N3O2. The van der Waals surface area contributed by atoms with E-state index >= 15 is 0 Å². The van der Waals surface area contributed by atoms with Crippen molar-refractivity contribution in [2.24, 2.45) is 0 Å². The van der Waals surface area contributed by atoms with Crippen molar-refractivity contribution in [1.82, 2.24) is 14.5 Å². The Balaban J connectivity index is 1.87. The van der Waals surface area contributed by atoms with Gasteiger partial charge in [-0.2, -0.15) is 0 Å². The molecule has 2 aromatic carbocycles. The number of nitrogens with zero attached hydrogens (tertiary/aromatic N) is 3. The zero-order chi connectivity index (χ0) is 21.8. The quantitative estimate of drug-likeness (QED) is 0.426. The van der Waals surface area contributed by atoms with E-state index in [-0.39, 0.29) is 11.8 Å². The first-order valence-corrected chi connectivity index (χ1v) is 10.2. The number of para-hydroxylation sites is 1. The van der Waals surface area contributed by atoms with Crippen molar-refractivity contribution >= 4 is 0 Å². The molecule has 1 unspecified atom stereocenters. The lowest BCUT2D eigenvalue weighted by molar-refractivity contribution is 0.0816. The molecular weight excluding hydrogens is 386 g/mol.